The molecule has 1 aliphatic carbocycles. The van der Waals surface area contributed by atoms with Crippen LogP contribution in [0.5, 0.6) is 17.2 Å². The van der Waals surface area contributed by atoms with Crippen LogP contribution in [0.15, 0.2) is 53.6 Å². The van der Waals surface area contributed by atoms with Gasteiger partial charge in [-0.2, -0.15) is 0 Å². The van der Waals surface area contributed by atoms with Crippen molar-refractivity contribution in [1.82, 2.24) is 0 Å². The second kappa shape index (κ2) is 9.24. The zero-order chi connectivity index (χ0) is 20.8. The summed E-state index contributed by atoms with van der Waals surface area (Å²) in [5, 5.41) is 0. The van der Waals surface area contributed by atoms with Gasteiger partial charge in [0.05, 0.1) is 14.2 Å². The second-order valence-corrected chi connectivity index (χ2v) is 6.68. The van der Waals surface area contributed by atoms with Crippen LogP contribution in [0.25, 0.3) is 12.2 Å². The van der Waals surface area contributed by atoms with E-state index in [1.807, 2.05) is 42.5 Å². The summed E-state index contributed by atoms with van der Waals surface area (Å²) in [6.45, 7) is 1.73. The molecule has 0 heterocycles. The molecule has 29 heavy (non-hydrogen) atoms. The van der Waals surface area contributed by atoms with Gasteiger partial charge in [0, 0.05) is 17.6 Å². The van der Waals surface area contributed by atoms with Crippen LogP contribution >= 0.6 is 0 Å². The summed E-state index contributed by atoms with van der Waals surface area (Å²) in [5.74, 6) is 1.35. The lowest BCUT2D eigenvalue weighted by molar-refractivity contribution is -0.134. The molecule has 5 heteroatoms. The van der Waals surface area contributed by atoms with E-state index in [2.05, 4.69) is 0 Å². The summed E-state index contributed by atoms with van der Waals surface area (Å²) in [7, 11) is 3.15. The Morgan fingerprint density at radius 2 is 1.52 bits per heavy atom. The molecule has 2 aromatic rings. The van der Waals surface area contributed by atoms with Gasteiger partial charge in [-0.1, -0.05) is 25.1 Å². The third-order valence-electron chi connectivity index (χ3n) is 4.74. The minimum Gasteiger partial charge on any atom is -0.497 e. The molecule has 1 fully saturated rings. The number of benzene rings is 2. The van der Waals surface area contributed by atoms with Gasteiger partial charge in [0.1, 0.15) is 5.75 Å². The van der Waals surface area contributed by atoms with Gasteiger partial charge < -0.3 is 14.2 Å². The minimum absolute atomic E-state index is 0.0567. The number of carbonyl (C=O) groups excluding carboxylic acids is 2. The first-order chi connectivity index (χ1) is 14.0. The highest BCUT2D eigenvalue weighted by Gasteiger charge is 2.23. The van der Waals surface area contributed by atoms with E-state index in [1.165, 1.54) is 7.11 Å². The Hall–Kier alpha value is -3.34. The zero-order valence-corrected chi connectivity index (χ0v) is 16.9. The van der Waals surface area contributed by atoms with E-state index in [9.17, 15) is 9.59 Å². The lowest BCUT2D eigenvalue weighted by Gasteiger charge is -2.09. The predicted octanol–water partition coefficient (Wildman–Crippen LogP) is 4.85. The standard InChI is InChI=1S/C24H24O5/c1-4-23(25)29-21-12-7-17(15-22(21)28-3)14-19-9-8-18(24(19)26)13-16-5-10-20(27-2)11-6-16/h5-7,10-15H,4,8-9H2,1-3H3/b18-13+,19-14+. The number of allylic oxidation sites excluding steroid dienone is 2. The van der Waals surface area contributed by atoms with Crippen LogP contribution in [0, 0.1) is 0 Å². The molecule has 1 aliphatic rings. The zero-order valence-electron chi connectivity index (χ0n) is 16.9. The first-order valence-electron chi connectivity index (χ1n) is 9.52. The van der Waals surface area contributed by atoms with E-state index < -0.39 is 0 Å². The molecule has 0 amide bonds. The number of rotatable bonds is 6. The number of esters is 1. The first kappa shape index (κ1) is 20.4. The smallest absolute Gasteiger partial charge is 0.311 e. The molecular weight excluding hydrogens is 368 g/mol. The van der Waals surface area contributed by atoms with Crippen LogP contribution in [-0.2, 0) is 9.59 Å². The Morgan fingerprint density at radius 3 is 2.10 bits per heavy atom. The monoisotopic (exact) mass is 392 g/mol. The van der Waals surface area contributed by atoms with Crippen molar-refractivity contribution in [3.05, 3.63) is 64.7 Å². The Kier molecular flexibility index (Phi) is 6.50. The largest absolute Gasteiger partial charge is 0.497 e. The molecule has 0 spiro atoms. The van der Waals surface area contributed by atoms with Crippen LogP contribution in [0.1, 0.15) is 37.3 Å². The summed E-state index contributed by atoms with van der Waals surface area (Å²) < 4.78 is 15.8. The van der Waals surface area contributed by atoms with Crippen molar-refractivity contribution in [3.8, 4) is 17.2 Å². The number of ketones is 1. The number of hydrogen-bond donors (Lipinski definition) is 0. The molecular formula is C24H24O5. The Labute approximate surface area is 170 Å². The van der Waals surface area contributed by atoms with Crippen molar-refractivity contribution in [2.75, 3.05) is 14.2 Å². The summed E-state index contributed by atoms with van der Waals surface area (Å²) in [6.07, 6.45) is 5.48. The molecule has 0 radical (unpaired) electrons. The average Bonchev–Trinajstić information content (AvgIpc) is 3.08. The van der Waals surface area contributed by atoms with Crippen molar-refractivity contribution < 1.29 is 23.8 Å². The number of hydrogen-bond acceptors (Lipinski definition) is 5. The highest BCUT2D eigenvalue weighted by Crippen LogP contribution is 2.33. The molecule has 0 unspecified atom stereocenters. The van der Waals surface area contributed by atoms with Gasteiger partial charge in [-0.25, -0.2) is 0 Å². The van der Waals surface area contributed by atoms with Gasteiger partial charge >= 0.3 is 5.97 Å². The molecule has 3 rings (SSSR count). The third kappa shape index (κ3) is 4.93. The summed E-state index contributed by atoms with van der Waals surface area (Å²) in [4.78, 5) is 24.3. The first-order valence-corrected chi connectivity index (χ1v) is 9.52. The highest BCUT2D eigenvalue weighted by molar-refractivity contribution is 6.15. The molecule has 0 bridgehead atoms. The second-order valence-electron chi connectivity index (χ2n) is 6.68. The lowest BCUT2D eigenvalue weighted by Crippen LogP contribution is -2.06. The number of carbonyl (C=O) groups is 2. The predicted molar refractivity (Wildman–Crippen MR) is 112 cm³/mol. The molecule has 150 valence electrons. The third-order valence-corrected chi connectivity index (χ3v) is 4.74. The SMILES string of the molecule is CCC(=O)Oc1ccc(/C=C2\CC/C(=C\c3ccc(OC)cc3)C2=O)cc1OC. The lowest BCUT2D eigenvalue weighted by atomic mass is 10.1. The quantitative estimate of drug-likeness (QED) is 0.400. The van der Waals surface area contributed by atoms with E-state index in [0.717, 1.165) is 28.0 Å². The van der Waals surface area contributed by atoms with Crippen molar-refractivity contribution in [1.29, 1.82) is 0 Å². The van der Waals surface area contributed by atoms with Crippen LogP contribution in [-0.4, -0.2) is 26.0 Å². The topological polar surface area (TPSA) is 61.8 Å². The van der Waals surface area contributed by atoms with E-state index in [1.54, 1.807) is 26.2 Å². The van der Waals surface area contributed by atoms with Crippen molar-refractivity contribution in [3.63, 3.8) is 0 Å². The fourth-order valence-corrected chi connectivity index (χ4v) is 3.13. The summed E-state index contributed by atoms with van der Waals surface area (Å²) >= 11 is 0. The molecule has 2 aromatic carbocycles. The van der Waals surface area contributed by atoms with Gasteiger partial charge in [0.2, 0.25) is 0 Å². The maximum absolute atomic E-state index is 12.8. The van der Waals surface area contributed by atoms with Crippen LogP contribution in [0.3, 0.4) is 0 Å². The molecule has 0 atom stereocenters. The van der Waals surface area contributed by atoms with Crippen molar-refractivity contribution in [2.24, 2.45) is 0 Å². The Bertz CT molecular complexity index is 967. The summed E-state index contributed by atoms with van der Waals surface area (Å²) in [5.41, 5.74) is 3.35. The molecule has 0 N–H and O–H groups in total. The van der Waals surface area contributed by atoms with Crippen molar-refractivity contribution >= 4 is 23.9 Å². The number of ether oxygens (including phenoxy) is 3. The average molecular weight is 392 g/mol. The van der Waals surface area contributed by atoms with E-state index in [0.29, 0.717) is 24.3 Å². The van der Waals surface area contributed by atoms with E-state index >= 15 is 0 Å². The maximum atomic E-state index is 12.8. The number of methoxy groups -OCH3 is 2. The molecule has 0 saturated heterocycles. The maximum Gasteiger partial charge on any atom is 0.311 e. The highest BCUT2D eigenvalue weighted by atomic mass is 16.6. The number of Topliss-reactive ketones (excluding diaryl/α,β-unsaturated/α-hetero) is 1. The normalized spacial score (nSPS) is 16.3. The molecule has 1 saturated carbocycles. The van der Waals surface area contributed by atoms with Crippen LogP contribution in [0.2, 0.25) is 0 Å². The van der Waals surface area contributed by atoms with Gasteiger partial charge in [-0.3, -0.25) is 9.59 Å². The van der Waals surface area contributed by atoms with Crippen molar-refractivity contribution in [2.45, 2.75) is 26.2 Å². The van der Waals surface area contributed by atoms with Gasteiger partial charge in [-0.05, 0) is 60.4 Å². The Morgan fingerprint density at radius 1 is 0.897 bits per heavy atom. The fourth-order valence-electron chi connectivity index (χ4n) is 3.13. The van der Waals surface area contributed by atoms with E-state index in [4.69, 9.17) is 14.2 Å². The van der Waals surface area contributed by atoms with Crippen LogP contribution < -0.4 is 14.2 Å². The van der Waals surface area contributed by atoms with Gasteiger partial charge in [0.15, 0.2) is 17.3 Å². The fraction of sp³-hybridized carbons (Fsp3) is 0.250. The molecule has 5 nitrogen and oxygen atoms in total. The van der Waals surface area contributed by atoms with Gasteiger partial charge in [0.25, 0.3) is 0 Å². The Balaban J connectivity index is 1.79. The molecule has 0 aliphatic heterocycles. The van der Waals surface area contributed by atoms with Crippen LogP contribution in [0.4, 0.5) is 0 Å². The molecule has 0 aromatic heterocycles. The van der Waals surface area contributed by atoms with E-state index in [-0.39, 0.29) is 18.2 Å². The minimum atomic E-state index is -0.325. The van der Waals surface area contributed by atoms with Gasteiger partial charge in [-0.15, -0.1) is 0 Å². The summed E-state index contributed by atoms with van der Waals surface area (Å²) in [6, 6.07) is 12.9.